The zero-order chi connectivity index (χ0) is 40.2. The Morgan fingerprint density at radius 3 is 1.49 bits per heavy atom. The van der Waals surface area contributed by atoms with Crippen molar-refractivity contribution in [1.82, 2.24) is 0 Å². The molecule has 0 saturated heterocycles. The second kappa shape index (κ2) is 13.1. The average molecular weight is 788 g/mol. The normalized spacial score (nSPS) is 11.9. The predicted octanol–water partition coefficient (Wildman–Crippen LogP) is 17.0. The van der Waals surface area contributed by atoms with Crippen LogP contribution in [0.3, 0.4) is 0 Å². The van der Waals surface area contributed by atoms with Gasteiger partial charge in [0, 0.05) is 25.6 Å². The fraction of sp³-hybridized carbons (Fsp3) is 0. The van der Waals surface area contributed by atoms with Gasteiger partial charge in [-0.1, -0.05) is 170 Å². The van der Waals surface area contributed by atoms with Crippen molar-refractivity contribution in [2.24, 2.45) is 0 Å². The van der Waals surface area contributed by atoms with Crippen LogP contribution >= 0.6 is 11.3 Å². The molecule has 1 aromatic heterocycles. The second-order valence-electron chi connectivity index (χ2n) is 16.2. The lowest BCUT2D eigenvalue weighted by molar-refractivity contribution is 1.50. The van der Waals surface area contributed by atoms with Crippen molar-refractivity contribution in [2.75, 3.05) is 0 Å². The smallest absolute Gasteiger partial charge is 0.0998 e. The maximum Gasteiger partial charge on any atom is 0.0998 e. The minimum atomic E-state index is 0.699. The van der Waals surface area contributed by atoms with Gasteiger partial charge < -0.3 is 0 Å². The quantitative estimate of drug-likeness (QED) is 0.129. The van der Waals surface area contributed by atoms with Crippen molar-refractivity contribution < 1.29 is 0 Å². The van der Waals surface area contributed by atoms with Crippen LogP contribution in [0.4, 0.5) is 0 Å². The van der Waals surface area contributed by atoms with E-state index in [2.05, 4.69) is 182 Å². The van der Waals surface area contributed by atoms with Gasteiger partial charge >= 0.3 is 0 Å². The minimum absolute atomic E-state index is 0.699. The van der Waals surface area contributed by atoms with Crippen LogP contribution in [0.15, 0.2) is 200 Å². The first kappa shape index (κ1) is 34.1. The van der Waals surface area contributed by atoms with Gasteiger partial charge in [-0.05, 0) is 134 Å². The van der Waals surface area contributed by atoms with Crippen molar-refractivity contribution >= 4 is 107 Å². The van der Waals surface area contributed by atoms with Crippen LogP contribution in [0.2, 0.25) is 0 Å². The highest BCUT2D eigenvalue weighted by atomic mass is 32.1. The third-order valence-corrected chi connectivity index (χ3v) is 14.2. The summed E-state index contributed by atoms with van der Waals surface area (Å²) in [6.07, 6.45) is 0. The van der Waals surface area contributed by atoms with Gasteiger partial charge in [-0.25, -0.2) is 0 Å². The van der Waals surface area contributed by atoms with E-state index in [0.29, 0.717) is 5.56 Å². The standard InChI is InChI=1S/C59H33NS/c60-34-39-26-28-41(43-14-4-3-12-40(39)43)36-21-23-37(24-22-36)57-47-17-7-9-19-49(47)58(50-20-10-8-18-48(50)57)38-25-29-46-51(31-38)44-15-5-6-16-45(44)52-32-54-56(33-53(46)52)61-55-30-27-35-11-1-2-13-42(35)59(54)55/h1-33H. The molecule has 13 rings (SSSR count). The van der Waals surface area contributed by atoms with Gasteiger partial charge in [0.2, 0.25) is 0 Å². The molecule has 2 heteroatoms. The van der Waals surface area contributed by atoms with E-state index in [4.69, 9.17) is 0 Å². The van der Waals surface area contributed by atoms with Crippen molar-refractivity contribution in [2.45, 2.75) is 0 Å². The zero-order valence-electron chi connectivity index (χ0n) is 32.9. The van der Waals surface area contributed by atoms with Gasteiger partial charge in [-0.3, -0.25) is 0 Å². The van der Waals surface area contributed by atoms with E-state index in [9.17, 15) is 5.26 Å². The summed E-state index contributed by atoms with van der Waals surface area (Å²) in [6.45, 7) is 0. The first-order valence-corrected chi connectivity index (χ1v) is 21.6. The van der Waals surface area contributed by atoms with Crippen molar-refractivity contribution in [3.63, 3.8) is 0 Å². The molecule has 12 aromatic carbocycles. The fourth-order valence-electron chi connectivity index (χ4n) is 10.4. The Kier molecular flexibility index (Phi) is 7.31. The van der Waals surface area contributed by atoms with Crippen LogP contribution in [-0.2, 0) is 0 Å². The number of fused-ring (bicyclic) bond motifs is 14. The molecular weight excluding hydrogens is 755 g/mol. The maximum absolute atomic E-state index is 9.78. The summed E-state index contributed by atoms with van der Waals surface area (Å²) in [5, 5.41) is 29.8. The Bertz CT molecular complexity index is 3990. The summed E-state index contributed by atoms with van der Waals surface area (Å²) in [5.41, 5.74) is 7.85. The number of hydrogen-bond acceptors (Lipinski definition) is 2. The first-order valence-electron chi connectivity index (χ1n) is 20.8. The van der Waals surface area contributed by atoms with Gasteiger partial charge in [0.1, 0.15) is 0 Å². The van der Waals surface area contributed by atoms with Crippen LogP contribution in [0.5, 0.6) is 0 Å². The Balaban J connectivity index is 1.02. The minimum Gasteiger partial charge on any atom is -0.192 e. The highest BCUT2D eigenvalue weighted by Gasteiger charge is 2.19. The molecule has 1 nitrogen and oxygen atoms in total. The summed E-state index contributed by atoms with van der Waals surface area (Å²) >= 11 is 1.90. The van der Waals surface area contributed by atoms with Crippen LogP contribution < -0.4 is 0 Å². The van der Waals surface area contributed by atoms with E-state index in [1.54, 1.807) is 0 Å². The Morgan fingerprint density at radius 1 is 0.311 bits per heavy atom. The van der Waals surface area contributed by atoms with E-state index in [0.717, 1.165) is 21.9 Å². The van der Waals surface area contributed by atoms with Gasteiger partial charge in [0.05, 0.1) is 11.6 Å². The van der Waals surface area contributed by atoms with Crippen molar-refractivity contribution in [3.05, 3.63) is 206 Å². The van der Waals surface area contributed by atoms with Crippen LogP contribution in [0.25, 0.3) is 129 Å². The van der Waals surface area contributed by atoms with Gasteiger partial charge in [0.25, 0.3) is 0 Å². The highest BCUT2D eigenvalue weighted by Crippen LogP contribution is 2.47. The lowest BCUT2D eigenvalue weighted by Gasteiger charge is -2.19. The van der Waals surface area contributed by atoms with E-state index in [1.807, 2.05) is 35.6 Å². The molecule has 0 amide bonds. The molecule has 0 aliphatic rings. The zero-order valence-corrected chi connectivity index (χ0v) is 33.7. The number of nitriles is 1. The molecule has 0 aliphatic heterocycles. The topological polar surface area (TPSA) is 23.8 Å². The van der Waals surface area contributed by atoms with Crippen molar-refractivity contribution in [3.8, 4) is 39.4 Å². The second-order valence-corrected chi connectivity index (χ2v) is 17.3. The lowest BCUT2D eigenvalue weighted by atomic mass is 9.84. The molecule has 0 unspecified atom stereocenters. The Hall–Kier alpha value is -7.83. The van der Waals surface area contributed by atoms with Gasteiger partial charge in [0.15, 0.2) is 0 Å². The van der Waals surface area contributed by atoms with E-state index in [1.165, 1.54) is 107 Å². The molecule has 13 aromatic rings. The molecule has 0 fully saturated rings. The Labute approximate surface area is 355 Å². The molecule has 0 aliphatic carbocycles. The molecule has 0 atom stereocenters. The fourth-order valence-corrected chi connectivity index (χ4v) is 11.5. The molecule has 0 spiro atoms. The number of thiophene rings is 1. The first-order chi connectivity index (χ1) is 30.2. The van der Waals surface area contributed by atoms with Gasteiger partial charge in [-0.2, -0.15) is 5.26 Å². The maximum atomic E-state index is 9.78. The summed E-state index contributed by atoms with van der Waals surface area (Å²) in [7, 11) is 0. The third kappa shape index (κ3) is 4.99. The predicted molar refractivity (Wildman–Crippen MR) is 263 cm³/mol. The summed E-state index contributed by atoms with van der Waals surface area (Å²) in [6, 6.07) is 75.8. The molecule has 1 heterocycles. The van der Waals surface area contributed by atoms with Crippen molar-refractivity contribution in [1.29, 1.82) is 5.26 Å². The molecule has 280 valence electrons. The molecule has 0 radical (unpaired) electrons. The SMILES string of the molecule is N#Cc1ccc(-c2ccc(-c3c4ccccc4c(-c4ccc5c(c4)c4ccccc4c4cc6c(cc54)sc4ccc5ccccc5c46)c4ccccc34)cc2)c2ccccc12. The summed E-state index contributed by atoms with van der Waals surface area (Å²) in [4.78, 5) is 0. The van der Waals surface area contributed by atoms with Crippen LogP contribution in [0.1, 0.15) is 5.56 Å². The molecule has 0 bridgehead atoms. The monoisotopic (exact) mass is 787 g/mol. The van der Waals surface area contributed by atoms with Crippen LogP contribution in [-0.4, -0.2) is 0 Å². The Morgan fingerprint density at radius 2 is 0.820 bits per heavy atom. The third-order valence-electron chi connectivity index (χ3n) is 13.1. The number of hydrogen-bond donors (Lipinski definition) is 0. The average Bonchev–Trinajstić information content (AvgIpc) is 3.70. The van der Waals surface area contributed by atoms with Gasteiger partial charge in [-0.15, -0.1) is 11.3 Å². The molecule has 61 heavy (non-hydrogen) atoms. The van der Waals surface area contributed by atoms with E-state index < -0.39 is 0 Å². The molecular formula is C59H33NS. The number of rotatable bonds is 3. The molecule has 0 saturated carbocycles. The van der Waals surface area contributed by atoms with E-state index >= 15 is 0 Å². The summed E-state index contributed by atoms with van der Waals surface area (Å²) < 4.78 is 2.66. The lowest BCUT2D eigenvalue weighted by Crippen LogP contribution is -1.92. The molecule has 0 N–H and O–H groups in total. The number of nitrogens with zero attached hydrogens (tertiary/aromatic N) is 1. The highest BCUT2D eigenvalue weighted by molar-refractivity contribution is 7.26. The van der Waals surface area contributed by atoms with Crippen LogP contribution in [0, 0.1) is 11.3 Å². The summed E-state index contributed by atoms with van der Waals surface area (Å²) in [5.74, 6) is 0. The van der Waals surface area contributed by atoms with E-state index in [-0.39, 0.29) is 0 Å². The number of benzene rings is 12. The largest absolute Gasteiger partial charge is 0.192 e.